The standard InChI is InChI=1S/C21H26F3N3O3/c1-2-29-18-4-6-19(7-5-18)30-15-17(28)14-26-9-11-27(12-10-26)20-8-3-16(13-25-20)21(22,23)24/h3-8,13,17,28H,2,9-12,14-15H2,1H3/t17-/m1/s1. The van der Waals surface area contributed by atoms with Crippen molar-refractivity contribution in [2.75, 3.05) is 50.8 Å². The highest BCUT2D eigenvalue weighted by Gasteiger charge is 2.31. The SMILES string of the molecule is CCOc1ccc(OC[C@H](O)CN2CCN(c3ccc(C(F)(F)F)cn3)CC2)cc1. The molecule has 3 rings (SSSR count). The molecule has 1 saturated heterocycles. The molecule has 1 aliphatic heterocycles. The maximum Gasteiger partial charge on any atom is 0.417 e. The second kappa shape index (κ2) is 9.99. The third kappa shape index (κ3) is 6.24. The number of hydrogen-bond donors (Lipinski definition) is 1. The van der Waals surface area contributed by atoms with Crippen LogP contribution in [0.4, 0.5) is 19.0 Å². The summed E-state index contributed by atoms with van der Waals surface area (Å²) < 4.78 is 49.0. The number of benzene rings is 1. The topological polar surface area (TPSA) is 58.1 Å². The molecule has 0 spiro atoms. The number of piperazine rings is 1. The number of anilines is 1. The maximum atomic E-state index is 12.7. The van der Waals surface area contributed by atoms with Crippen LogP contribution in [0, 0.1) is 0 Å². The monoisotopic (exact) mass is 425 g/mol. The molecule has 0 aliphatic carbocycles. The van der Waals surface area contributed by atoms with Crippen LogP contribution in [0.5, 0.6) is 11.5 Å². The van der Waals surface area contributed by atoms with Gasteiger partial charge in [0.1, 0.15) is 30.0 Å². The Balaban J connectivity index is 1.40. The lowest BCUT2D eigenvalue weighted by Gasteiger charge is -2.36. The number of aliphatic hydroxyl groups is 1. The van der Waals surface area contributed by atoms with Gasteiger partial charge >= 0.3 is 6.18 Å². The van der Waals surface area contributed by atoms with E-state index >= 15 is 0 Å². The van der Waals surface area contributed by atoms with E-state index < -0.39 is 17.8 Å². The molecule has 0 bridgehead atoms. The number of aliphatic hydroxyl groups excluding tert-OH is 1. The van der Waals surface area contributed by atoms with Crippen LogP contribution in [-0.2, 0) is 6.18 Å². The van der Waals surface area contributed by atoms with Crippen molar-refractivity contribution >= 4 is 5.82 Å². The maximum absolute atomic E-state index is 12.7. The summed E-state index contributed by atoms with van der Waals surface area (Å²) in [5, 5.41) is 10.3. The number of halogens is 3. The molecule has 1 aromatic carbocycles. The van der Waals surface area contributed by atoms with E-state index in [4.69, 9.17) is 9.47 Å². The van der Waals surface area contributed by atoms with Crippen LogP contribution in [0.1, 0.15) is 12.5 Å². The molecule has 0 amide bonds. The van der Waals surface area contributed by atoms with Gasteiger partial charge in [-0.05, 0) is 43.3 Å². The van der Waals surface area contributed by atoms with Gasteiger partial charge in [0, 0.05) is 38.9 Å². The Morgan fingerprint density at radius 3 is 2.17 bits per heavy atom. The number of ether oxygens (including phenoxy) is 2. The van der Waals surface area contributed by atoms with E-state index in [0.717, 1.165) is 18.0 Å². The van der Waals surface area contributed by atoms with Gasteiger partial charge in [-0.3, -0.25) is 4.90 Å². The first kappa shape index (κ1) is 22.2. The molecule has 6 nitrogen and oxygen atoms in total. The molecule has 1 fully saturated rings. The summed E-state index contributed by atoms with van der Waals surface area (Å²) in [6.45, 7) is 5.78. The van der Waals surface area contributed by atoms with Crippen LogP contribution >= 0.6 is 0 Å². The lowest BCUT2D eigenvalue weighted by Crippen LogP contribution is -2.49. The largest absolute Gasteiger partial charge is 0.494 e. The summed E-state index contributed by atoms with van der Waals surface area (Å²) in [5.41, 5.74) is -0.750. The minimum absolute atomic E-state index is 0.175. The second-order valence-corrected chi connectivity index (χ2v) is 7.06. The molecule has 1 N–H and O–H groups in total. The third-order valence-corrected chi connectivity index (χ3v) is 4.82. The van der Waals surface area contributed by atoms with Gasteiger partial charge in [-0.25, -0.2) is 4.98 Å². The van der Waals surface area contributed by atoms with Gasteiger partial charge in [-0.1, -0.05) is 0 Å². The van der Waals surface area contributed by atoms with Crippen molar-refractivity contribution in [1.29, 1.82) is 0 Å². The van der Waals surface area contributed by atoms with Crippen LogP contribution in [0.15, 0.2) is 42.6 Å². The molecule has 0 unspecified atom stereocenters. The van der Waals surface area contributed by atoms with Gasteiger partial charge in [-0.15, -0.1) is 0 Å². The summed E-state index contributed by atoms with van der Waals surface area (Å²) in [7, 11) is 0. The Morgan fingerprint density at radius 2 is 1.63 bits per heavy atom. The highest BCUT2D eigenvalue weighted by Crippen LogP contribution is 2.29. The first-order valence-electron chi connectivity index (χ1n) is 9.89. The van der Waals surface area contributed by atoms with E-state index in [0.29, 0.717) is 50.9 Å². The van der Waals surface area contributed by atoms with Crippen LogP contribution < -0.4 is 14.4 Å². The Bertz CT molecular complexity index is 777. The first-order valence-corrected chi connectivity index (χ1v) is 9.89. The highest BCUT2D eigenvalue weighted by atomic mass is 19.4. The van der Waals surface area contributed by atoms with Gasteiger partial charge < -0.3 is 19.5 Å². The van der Waals surface area contributed by atoms with Crippen molar-refractivity contribution in [3.05, 3.63) is 48.2 Å². The second-order valence-electron chi connectivity index (χ2n) is 7.06. The van der Waals surface area contributed by atoms with Crippen molar-refractivity contribution in [2.45, 2.75) is 19.2 Å². The molecule has 2 heterocycles. The van der Waals surface area contributed by atoms with Gasteiger partial charge in [0.2, 0.25) is 0 Å². The Hall–Kier alpha value is -2.52. The number of hydrogen-bond acceptors (Lipinski definition) is 6. The Morgan fingerprint density at radius 1 is 1.00 bits per heavy atom. The summed E-state index contributed by atoms with van der Waals surface area (Å²) in [6.07, 6.45) is -4.16. The molecular weight excluding hydrogens is 399 g/mol. The molecule has 9 heteroatoms. The van der Waals surface area contributed by atoms with Crippen LogP contribution in [0.3, 0.4) is 0 Å². The average molecular weight is 425 g/mol. The fourth-order valence-corrected chi connectivity index (χ4v) is 3.24. The fourth-order valence-electron chi connectivity index (χ4n) is 3.24. The van der Waals surface area contributed by atoms with Crippen LogP contribution in [0.2, 0.25) is 0 Å². The van der Waals surface area contributed by atoms with Crippen molar-refractivity contribution in [3.63, 3.8) is 0 Å². The van der Waals surface area contributed by atoms with E-state index in [1.807, 2.05) is 24.0 Å². The van der Waals surface area contributed by atoms with E-state index in [2.05, 4.69) is 9.88 Å². The fraction of sp³-hybridized carbons (Fsp3) is 0.476. The minimum atomic E-state index is -4.38. The molecule has 1 atom stereocenters. The zero-order valence-corrected chi connectivity index (χ0v) is 16.8. The molecular formula is C21H26F3N3O3. The molecule has 1 aromatic heterocycles. The van der Waals surface area contributed by atoms with Crippen LogP contribution in [-0.4, -0.2) is 67.0 Å². The predicted molar refractivity (Wildman–Crippen MR) is 107 cm³/mol. The van der Waals surface area contributed by atoms with E-state index in [1.54, 1.807) is 12.1 Å². The van der Waals surface area contributed by atoms with Crippen molar-refractivity contribution in [1.82, 2.24) is 9.88 Å². The van der Waals surface area contributed by atoms with Crippen molar-refractivity contribution < 1.29 is 27.8 Å². The highest BCUT2D eigenvalue weighted by molar-refractivity contribution is 5.40. The molecule has 164 valence electrons. The van der Waals surface area contributed by atoms with E-state index in [-0.39, 0.29) is 6.61 Å². The zero-order chi connectivity index (χ0) is 21.6. The number of alkyl halides is 3. The van der Waals surface area contributed by atoms with Gasteiger partial charge in [-0.2, -0.15) is 13.2 Å². The molecule has 2 aromatic rings. The van der Waals surface area contributed by atoms with E-state index in [9.17, 15) is 18.3 Å². The quantitative estimate of drug-likeness (QED) is 0.702. The normalized spacial score (nSPS) is 16.4. The number of nitrogens with zero attached hydrogens (tertiary/aromatic N) is 3. The first-order chi connectivity index (χ1) is 14.3. The number of rotatable bonds is 8. The Labute approximate surface area is 173 Å². The van der Waals surface area contributed by atoms with Crippen LogP contribution in [0.25, 0.3) is 0 Å². The Kier molecular flexibility index (Phi) is 7.38. The van der Waals surface area contributed by atoms with E-state index in [1.165, 1.54) is 6.07 Å². The minimum Gasteiger partial charge on any atom is -0.494 e. The van der Waals surface area contributed by atoms with Crippen molar-refractivity contribution in [3.8, 4) is 11.5 Å². The zero-order valence-electron chi connectivity index (χ0n) is 16.8. The lowest BCUT2D eigenvalue weighted by molar-refractivity contribution is -0.137. The van der Waals surface area contributed by atoms with Gasteiger partial charge in [0.25, 0.3) is 0 Å². The van der Waals surface area contributed by atoms with Crippen molar-refractivity contribution in [2.24, 2.45) is 0 Å². The summed E-state index contributed by atoms with van der Waals surface area (Å²) >= 11 is 0. The smallest absolute Gasteiger partial charge is 0.417 e. The number of β-amino-alcohol motifs (C(OH)–C–C–N with tert-alkyl or cyclic N) is 1. The average Bonchev–Trinajstić information content (AvgIpc) is 2.73. The molecule has 0 saturated carbocycles. The molecule has 0 radical (unpaired) electrons. The molecule has 30 heavy (non-hydrogen) atoms. The van der Waals surface area contributed by atoms with Gasteiger partial charge in [0.15, 0.2) is 0 Å². The summed E-state index contributed by atoms with van der Waals surface area (Å²) in [4.78, 5) is 7.99. The summed E-state index contributed by atoms with van der Waals surface area (Å²) in [6, 6.07) is 9.69. The third-order valence-electron chi connectivity index (χ3n) is 4.82. The molecule has 1 aliphatic rings. The summed E-state index contributed by atoms with van der Waals surface area (Å²) in [5.74, 6) is 1.96. The predicted octanol–water partition coefficient (Wildman–Crippen LogP) is 3.06. The number of pyridine rings is 1. The number of aromatic nitrogens is 1. The lowest BCUT2D eigenvalue weighted by atomic mass is 10.2. The van der Waals surface area contributed by atoms with Gasteiger partial charge in [0.05, 0.1) is 12.2 Å².